The van der Waals surface area contributed by atoms with Crippen LogP contribution in [0.4, 0.5) is 5.69 Å². The fourth-order valence-electron chi connectivity index (χ4n) is 2.65. The number of carbonyl (C=O) groups is 1. The predicted molar refractivity (Wildman–Crippen MR) is 94.6 cm³/mol. The largest absolute Gasteiger partial charge is 0.308 e. The third-order valence-electron chi connectivity index (χ3n) is 3.92. The average molecular weight is 410 g/mol. The Morgan fingerprint density at radius 3 is 2.67 bits per heavy atom. The normalized spacial score (nSPS) is 14.1. The molecule has 0 saturated carbocycles. The van der Waals surface area contributed by atoms with Crippen molar-refractivity contribution in [2.75, 3.05) is 25.5 Å². The van der Waals surface area contributed by atoms with Crippen LogP contribution >= 0.6 is 15.9 Å². The first kappa shape index (κ1) is 17.1. The summed E-state index contributed by atoms with van der Waals surface area (Å²) in [5.74, 6) is -0.147. The minimum atomic E-state index is -3.48. The molecule has 0 saturated heterocycles. The van der Waals surface area contributed by atoms with Gasteiger partial charge in [-0.3, -0.25) is 9.78 Å². The minimum Gasteiger partial charge on any atom is -0.308 e. The maximum absolute atomic E-state index is 12.7. The third kappa shape index (κ3) is 2.97. The zero-order valence-electron chi connectivity index (χ0n) is 13.2. The van der Waals surface area contributed by atoms with Crippen LogP contribution in [0, 0.1) is 0 Å². The van der Waals surface area contributed by atoms with Crippen LogP contribution in [0.15, 0.2) is 46.0 Å². The Kier molecular flexibility index (Phi) is 4.46. The second-order valence-corrected chi connectivity index (χ2v) is 8.74. The van der Waals surface area contributed by atoms with Crippen LogP contribution < -0.4 is 4.90 Å². The molecule has 2 heterocycles. The summed E-state index contributed by atoms with van der Waals surface area (Å²) in [4.78, 5) is 18.6. The molecule has 0 N–H and O–H groups in total. The van der Waals surface area contributed by atoms with Gasteiger partial charge in [-0.2, -0.15) is 0 Å². The summed E-state index contributed by atoms with van der Waals surface area (Å²) in [6.07, 6.45) is 3.77. The highest BCUT2D eigenvalue weighted by molar-refractivity contribution is 9.10. The van der Waals surface area contributed by atoms with Gasteiger partial charge in [-0.05, 0) is 52.2 Å². The van der Waals surface area contributed by atoms with Crippen LogP contribution in [-0.4, -0.2) is 44.3 Å². The number of halogens is 1. The van der Waals surface area contributed by atoms with Gasteiger partial charge in [-0.25, -0.2) is 12.7 Å². The highest BCUT2D eigenvalue weighted by Crippen LogP contribution is 2.32. The van der Waals surface area contributed by atoms with Gasteiger partial charge >= 0.3 is 0 Å². The van der Waals surface area contributed by atoms with Crippen LogP contribution in [0.25, 0.3) is 0 Å². The van der Waals surface area contributed by atoms with Crippen molar-refractivity contribution >= 4 is 37.5 Å². The van der Waals surface area contributed by atoms with Gasteiger partial charge in [0.1, 0.15) is 0 Å². The van der Waals surface area contributed by atoms with Crippen LogP contribution in [0.5, 0.6) is 0 Å². The van der Waals surface area contributed by atoms with E-state index in [2.05, 4.69) is 20.9 Å². The number of sulfonamides is 1. The van der Waals surface area contributed by atoms with Crippen molar-refractivity contribution in [2.24, 2.45) is 0 Å². The molecule has 6 nitrogen and oxygen atoms in total. The lowest BCUT2D eigenvalue weighted by atomic mass is 10.2. The Hall–Kier alpha value is -1.77. The van der Waals surface area contributed by atoms with Crippen molar-refractivity contribution in [1.29, 1.82) is 0 Å². The van der Waals surface area contributed by atoms with Crippen molar-refractivity contribution < 1.29 is 13.2 Å². The smallest absolute Gasteiger partial charge is 0.259 e. The molecule has 3 rings (SSSR count). The van der Waals surface area contributed by atoms with Gasteiger partial charge in [0, 0.05) is 43.2 Å². The molecule has 2 aromatic rings. The lowest BCUT2D eigenvalue weighted by Gasteiger charge is -2.18. The zero-order chi connectivity index (χ0) is 17.5. The number of hydrogen-bond acceptors (Lipinski definition) is 4. The van der Waals surface area contributed by atoms with Crippen LogP contribution in [0.1, 0.15) is 15.9 Å². The van der Waals surface area contributed by atoms with Crippen molar-refractivity contribution in [3.05, 3.63) is 52.3 Å². The molecule has 8 heteroatoms. The van der Waals surface area contributed by atoms with E-state index in [1.165, 1.54) is 24.6 Å². The molecular formula is C16H16BrN3O3S. The maximum Gasteiger partial charge on any atom is 0.259 e. The number of anilines is 1. The van der Waals surface area contributed by atoms with Crippen molar-refractivity contribution in [2.45, 2.75) is 11.3 Å². The van der Waals surface area contributed by atoms with Crippen LogP contribution in [-0.2, 0) is 16.4 Å². The van der Waals surface area contributed by atoms with E-state index < -0.39 is 10.0 Å². The lowest BCUT2D eigenvalue weighted by molar-refractivity contribution is 0.0989. The Balaban J connectivity index is 1.95. The third-order valence-corrected chi connectivity index (χ3v) is 6.17. The van der Waals surface area contributed by atoms with E-state index in [-0.39, 0.29) is 10.8 Å². The van der Waals surface area contributed by atoms with Gasteiger partial charge in [0.2, 0.25) is 10.0 Å². The summed E-state index contributed by atoms with van der Waals surface area (Å²) < 4.78 is 26.4. The van der Waals surface area contributed by atoms with Gasteiger partial charge < -0.3 is 4.90 Å². The Morgan fingerprint density at radius 2 is 2.00 bits per heavy atom. The molecule has 1 aliphatic heterocycles. The van der Waals surface area contributed by atoms with Gasteiger partial charge in [0.05, 0.1) is 10.5 Å². The molecule has 0 spiro atoms. The Morgan fingerprint density at radius 1 is 1.25 bits per heavy atom. The highest BCUT2D eigenvalue weighted by Gasteiger charge is 2.28. The number of hydrogen-bond donors (Lipinski definition) is 0. The second-order valence-electron chi connectivity index (χ2n) is 5.68. The molecule has 0 bridgehead atoms. The van der Waals surface area contributed by atoms with Gasteiger partial charge in [-0.15, -0.1) is 0 Å². The Bertz CT molecular complexity index is 913. The molecule has 0 unspecified atom stereocenters. The summed E-state index contributed by atoms with van der Waals surface area (Å²) in [6, 6.07) is 6.61. The first-order valence-corrected chi connectivity index (χ1v) is 9.52. The van der Waals surface area contributed by atoms with Gasteiger partial charge in [-0.1, -0.05) is 0 Å². The van der Waals surface area contributed by atoms with Crippen LogP contribution in [0.2, 0.25) is 0 Å². The average Bonchev–Trinajstić information content (AvgIpc) is 2.97. The topological polar surface area (TPSA) is 70.6 Å². The van der Waals surface area contributed by atoms with E-state index in [4.69, 9.17) is 0 Å². The predicted octanol–water partition coefficient (Wildman–Crippen LogP) is 2.30. The minimum absolute atomic E-state index is 0.147. The van der Waals surface area contributed by atoms with Gasteiger partial charge in [0.15, 0.2) is 0 Å². The molecule has 0 aliphatic carbocycles. The fraction of sp³-hybridized carbons (Fsp3) is 0.250. The quantitative estimate of drug-likeness (QED) is 0.779. The number of carbonyl (C=O) groups excluding carboxylic acids is 1. The molecule has 0 radical (unpaired) electrons. The van der Waals surface area contributed by atoms with E-state index >= 15 is 0 Å². The molecule has 1 amide bonds. The maximum atomic E-state index is 12.7. The first-order valence-electron chi connectivity index (χ1n) is 7.28. The summed E-state index contributed by atoms with van der Waals surface area (Å²) in [5, 5.41) is 0. The molecule has 0 atom stereocenters. The standard InChI is InChI=1S/C16H16BrN3O3S/c1-19(2)24(22,23)14-3-4-15-11(8-14)5-6-20(15)16(21)12-7-13(17)10-18-9-12/h3-4,7-10H,5-6H2,1-2H3. The summed E-state index contributed by atoms with van der Waals surface area (Å²) in [7, 11) is -0.483. The monoisotopic (exact) mass is 409 g/mol. The number of nitrogens with zero attached hydrogens (tertiary/aromatic N) is 3. The van der Waals surface area contributed by atoms with Gasteiger partial charge in [0.25, 0.3) is 5.91 Å². The number of aromatic nitrogens is 1. The van der Waals surface area contributed by atoms with E-state index in [1.54, 1.807) is 35.4 Å². The second kappa shape index (κ2) is 6.27. The van der Waals surface area contributed by atoms with Crippen molar-refractivity contribution in [3.8, 4) is 0 Å². The molecule has 126 valence electrons. The van der Waals surface area contributed by atoms with Crippen molar-refractivity contribution in [3.63, 3.8) is 0 Å². The summed E-state index contributed by atoms with van der Waals surface area (Å²) in [6.45, 7) is 0.520. The first-order chi connectivity index (χ1) is 11.3. The van der Waals surface area contributed by atoms with E-state index in [9.17, 15) is 13.2 Å². The molecule has 1 aromatic heterocycles. The van der Waals surface area contributed by atoms with Crippen molar-refractivity contribution in [1.82, 2.24) is 9.29 Å². The Labute approximate surface area is 149 Å². The SMILES string of the molecule is CN(C)S(=O)(=O)c1ccc2c(c1)CCN2C(=O)c1cncc(Br)c1. The number of fused-ring (bicyclic) bond motifs is 1. The van der Waals surface area contributed by atoms with E-state index in [0.717, 1.165) is 15.7 Å². The molecule has 1 aromatic carbocycles. The number of amides is 1. The van der Waals surface area contributed by atoms with E-state index in [1.807, 2.05) is 0 Å². The molecular weight excluding hydrogens is 394 g/mol. The van der Waals surface area contributed by atoms with Crippen LogP contribution in [0.3, 0.4) is 0 Å². The summed E-state index contributed by atoms with van der Waals surface area (Å²) in [5.41, 5.74) is 2.09. The molecule has 0 fully saturated rings. The fourth-order valence-corrected chi connectivity index (χ4v) is 3.96. The van der Waals surface area contributed by atoms with E-state index in [0.29, 0.717) is 18.5 Å². The number of benzene rings is 1. The molecule has 1 aliphatic rings. The number of rotatable bonds is 3. The zero-order valence-corrected chi connectivity index (χ0v) is 15.6. The summed E-state index contributed by atoms with van der Waals surface area (Å²) >= 11 is 3.31. The lowest BCUT2D eigenvalue weighted by Crippen LogP contribution is -2.29. The number of pyridine rings is 1. The highest BCUT2D eigenvalue weighted by atomic mass is 79.9. The molecule has 24 heavy (non-hydrogen) atoms.